The number of anilines is 1. The molecule has 2 N–H and O–H groups in total. The average molecular weight is 552 g/mol. The van der Waals surface area contributed by atoms with Crippen molar-refractivity contribution < 1.29 is 23.8 Å². The summed E-state index contributed by atoms with van der Waals surface area (Å²) >= 11 is 6.28. The summed E-state index contributed by atoms with van der Waals surface area (Å²) in [6.07, 6.45) is -2.04. The minimum atomic E-state index is -1.29. The monoisotopic (exact) mass is 551 g/mol. The molecule has 0 spiro atoms. The number of benzene rings is 3. The second kappa shape index (κ2) is 12.4. The van der Waals surface area contributed by atoms with Gasteiger partial charge in [-0.25, -0.2) is 9.38 Å². The van der Waals surface area contributed by atoms with Crippen LogP contribution in [0, 0.1) is 17.7 Å². The number of aliphatic hydroxyl groups excluding tert-OH is 1. The molecule has 4 rings (SSSR count). The number of hydrogen-bond donors (Lipinski definition) is 2. The summed E-state index contributed by atoms with van der Waals surface area (Å²) in [5, 5.41) is 14.1. The van der Waals surface area contributed by atoms with Crippen LogP contribution in [0.5, 0.6) is 5.75 Å². The van der Waals surface area contributed by atoms with Crippen molar-refractivity contribution in [1.29, 1.82) is 0 Å². The third-order valence-electron chi connectivity index (χ3n) is 6.48. The van der Waals surface area contributed by atoms with Gasteiger partial charge in [-0.1, -0.05) is 43.6 Å². The number of halogens is 2. The fourth-order valence-corrected chi connectivity index (χ4v) is 4.65. The smallest absolute Gasteiger partial charge is 0.272 e. The highest BCUT2D eigenvalue weighted by Crippen LogP contribution is 2.30. The molecule has 3 aromatic carbocycles. The van der Waals surface area contributed by atoms with Gasteiger partial charge in [0.2, 0.25) is 12.1 Å². The lowest BCUT2D eigenvalue weighted by Gasteiger charge is -2.26. The number of rotatable bonds is 9. The Bertz CT molecular complexity index is 1350. The molecule has 0 radical (unpaired) electrons. The second-order valence-corrected chi connectivity index (χ2v) is 10.3. The molecule has 3 atom stereocenters. The van der Waals surface area contributed by atoms with Gasteiger partial charge in [-0.15, -0.1) is 0 Å². The van der Waals surface area contributed by atoms with Gasteiger partial charge in [0.1, 0.15) is 18.2 Å². The third-order valence-corrected chi connectivity index (χ3v) is 6.72. The normalized spacial score (nSPS) is 16.7. The summed E-state index contributed by atoms with van der Waals surface area (Å²) in [7, 11) is 1.59. The van der Waals surface area contributed by atoms with E-state index in [4.69, 9.17) is 16.3 Å². The van der Waals surface area contributed by atoms with E-state index in [1.165, 1.54) is 17.0 Å². The molecule has 39 heavy (non-hydrogen) atoms. The van der Waals surface area contributed by atoms with Gasteiger partial charge in [0.25, 0.3) is 5.91 Å². The Labute approximate surface area is 232 Å². The minimum absolute atomic E-state index is 0.0873. The lowest BCUT2D eigenvalue weighted by Crippen LogP contribution is -2.50. The van der Waals surface area contributed by atoms with E-state index in [2.05, 4.69) is 10.3 Å². The van der Waals surface area contributed by atoms with Crippen molar-refractivity contribution in [3.8, 4) is 5.75 Å². The van der Waals surface area contributed by atoms with Gasteiger partial charge < -0.3 is 20.1 Å². The van der Waals surface area contributed by atoms with Gasteiger partial charge in [0.15, 0.2) is 0 Å². The molecule has 0 saturated heterocycles. The minimum Gasteiger partial charge on any atom is -0.491 e. The van der Waals surface area contributed by atoms with E-state index < -0.39 is 35.8 Å². The highest BCUT2D eigenvalue weighted by Gasteiger charge is 2.35. The highest BCUT2D eigenvalue weighted by molar-refractivity contribution is 6.32. The molecule has 0 aromatic heterocycles. The molecular formula is C30H31ClFN3O4. The molecule has 7 nitrogen and oxygen atoms in total. The Morgan fingerprint density at radius 1 is 1.13 bits per heavy atom. The van der Waals surface area contributed by atoms with Gasteiger partial charge in [0, 0.05) is 23.2 Å². The van der Waals surface area contributed by atoms with Gasteiger partial charge in [0.05, 0.1) is 23.4 Å². The average Bonchev–Trinajstić information content (AvgIpc) is 3.01. The predicted molar refractivity (Wildman–Crippen MR) is 150 cm³/mol. The summed E-state index contributed by atoms with van der Waals surface area (Å²) in [5.74, 6) is -1.60. The van der Waals surface area contributed by atoms with Crippen molar-refractivity contribution in [3.05, 3.63) is 94.8 Å². The van der Waals surface area contributed by atoms with E-state index in [0.29, 0.717) is 39.7 Å². The van der Waals surface area contributed by atoms with Crippen LogP contribution in [-0.2, 0) is 9.59 Å². The Hall–Kier alpha value is -3.75. The number of ether oxygens (including phenoxy) is 1. The molecule has 1 aliphatic rings. The van der Waals surface area contributed by atoms with Crippen LogP contribution in [0.4, 0.5) is 10.1 Å². The van der Waals surface area contributed by atoms with E-state index in [1.54, 1.807) is 49.5 Å². The van der Waals surface area contributed by atoms with Crippen LogP contribution in [0.2, 0.25) is 5.02 Å². The molecule has 1 aliphatic heterocycles. The quantitative estimate of drug-likeness (QED) is 0.398. The summed E-state index contributed by atoms with van der Waals surface area (Å²) in [6.45, 7) is 3.79. The lowest BCUT2D eigenvalue weighted by molar-refractivity contribution is -0.133. The Morgan fingerprint density at radius 2 is 1.82 bits per heavy atom. The molecule has 0 saturated carbocycles. The predicted octanol–water partition coefficient (Wildman–Crippen LogP) is 4.84. The van der Waals surface area contributed by atoms with Crippen molar-refractivity contribution in [2.45, 2.75) is 32.5 Å². The van der Waals surface area contributed by atoms with Gasteiger partial charge >= 0.3 is 0 Å². The number of likely N-dealkylation sites (N-methyl/N-ethyl adjacent to an activating group) is 1. The summed E-state index contributed by atoms with van der Waals surface area (Å²) in [4.78, 5) is 33.1. The Morgan fingerprint density at radius 3 is 2.49 bits per heavy atom. The van der Waals surface area contributed by atoms with Crippen LogP contribution in [-0.4, -0.2) is 48.6 Å². The molecule has 204 valence electrons. The van der Waals surface area contributed by atoms with E-state index in [0.717, 1.165) is 0 Å². The second-order valence-electron chi connectivity index (χ2n) is 9.88. The van der Waals surface area contributed by atoms with Crippen LogP contribution in [0.15, 0.2) is 77.8 Å². The maximum atomic E-state index is 13.7. The van der Waals surface area contributed by atoms with Crippen molar-refractivity contribution in [2.75, 3.05) is 18.6 Å². The van der Waals surface area contributed by atoms with Crippen LogP contribution >= 0.6 is 11.6 Å². The van der Waals surface area contributed by atoms with Gasteiger partial charge in [-0.2, -0.15) is 0 Å². The standard InChI is InChI=1S/C30H31ClFN3O4/c1-18(2)15-24(26(36)17-39-22-7-5-4-6-8-22)29(37)34-28-30(38)35(3)25-14-11-20(31)16-23(25)27(33-28)19-9-12-21(32)13-10-19/h4-14,16,18,24,26,28,36H,15,17H2,1-3H3,(H,34,37)/t24-,26+,28?/m1/s1. The Balaban J connectivity index is 1.65. The number of nitrogens with one attached hydrogen (secondary N) is 1. The van der Waals surface area contributed by atoms with E-state index in [1.807, 2.05) is 32.0 Å². The molecule has 1 heterocycles. The highest BCUT2D eigenvalue weighted by atomic mass is 35.5. The molecular weight excluding hydrogens is 521 g/mol. The number of benzodiazepines with no additional fused rings is 1. The molecule has 0 fully saturated rings. The summed E-state index contributed by atoms with van der Waals surface area (Å²) in [5.41, 5.74) is 2.04. The number of para-hydroxylation sites is 1. The number of aliphatic imine (C=N–C) groups is 1. The SMILES string of the molecule is CC(C)C[C@@H](C(=O)NC1N=C(c2ccc(F)cc2)c2cc(Cl)ccc2N(C)C1=O)[C@@H](O)COc1ccccc1. The number of hydrogen-bond acceptors (Lipinski definition) is 5. The third kappa shape index (κ3) is 6.82. The number of amides is 2. The first kappa shape index (κ1) is 28.3. The first-order chi connectivity index (χ1) is 18.6. The van der Waals surface area contributed by atoms with Crippen molar-refractivity contribution >= 4 is 34.8 Å². The maximum Gasteiger partial charge on any atom is 0.272 e. The zero-order valence-corrected chi connectivity index (χ0v) is 22.7. The van der Waals surface area contributed by atoms with Crippen molar-refractivity contribution in [2.24, 2.45) is 16.8 Å². The zero-order valence-electron chi connectivity index (χ0n) is 22.0. The first-order valence-electron chi connectivity index (χ1n) is 12.7. The number of carbonyl (C=O) groups is 2. The van der Waals surface area contributed by atoms with Gasteiger partial charge in [-0.05, 0) is 66.9 Å². The fourth-order valence-electron chi connectivity index (χ4n) is 4.48. The lowest BCUT2D eigenvalue weighted by atomic mass is 9.91. The number of carbonyl (C=O) groups excluding carboxylic acids is 2. The van der Waals surface area contributed by atoms with E-state index >= 15 is 0 Å². The Kier molecular flexibility index (Phi) is 8.99. The molecule has 2 amide bonds. The summed E-state index contributed by atoms with van der Waals surface area (Å²) in [6, 6.07) is 19.8. The molecule has 0 aliphatic carbocycles. The molecule has 3 aromatic rings. The van der Waals surface area contributed by atoms with Crippen molar-refractivity contribution in [3.63, 3.8) is 0 Å². The number of aliphatic hydroxyl groups is 1. The first-order valence-corrected chi connectivity index (χ1v) is 13.1. The maximum absolute atomic E-state index is 13.7. The molecule has 0 bridgehead atoms. The largest absolute Gasteiger partial charge is 0.491 e. The molecule has 9 heteroatoms. The number of fused-ring (bicyclic) bond motifs is 1. The fraction of sp³-hybridized carbons (Fsp3) is 0.300. The van der Waals surface area contributed by atoms with Crippen LogP contribution < -0.4 is 15.0 Å². The van der Waals surface area contributed by atoms with Crippen LogP contribution in [0.1, 0.15) is 31.4 Å². The zero-order chi connectivity index (χ0) is 28.1. The van der Waals surface area contributed by atoms with Crippen LogP contribution in [0.3, 0.4) is 0 Å². The van der Waals surface area contributed by atoms with E-state index in [-0.39, 0.29) is 12.5 Å². The topological polar surface area (TPSA) is 91.2 Å². The summed E-state index contributed by atoms with van der Waals surface area (Å²) < 4.78 is 19.4. The van der Waals surface area contributed by atoms with Crippen LogP contribution in [0.25, 0.3) is 0 Å². The van der Waals surface area contributed by atoms with E-state index in [9.17, 15) is 19.1 Å². The number of nitrogens with zero attached hydrogens (tertiary/aromatic N) is 2. The molecule has 1 unspecified atom stereocenters. The van der Waals surface area contributed by atoms with Crippen molar-refractivity contribution in [1.82, 2.24) is 5.32 Å². The van der Waals surface area contributed by atoms with Gasteiger partial charge in [-0.3, -0.25) is 9.59 Å².